The maximum atomic E-state index is 13.1. The summed E-state index contributed by atoms with van der Waals surface area (Å²) in [5, 5.41) is 6.98. The highest BCUT2D eigenvalue weighted by atomic mass is 35.5. The predicted molar refractivity (Wildman–Crippen MR) is 114 cm³/mol. The predicted octanol–water partition coefficient (Wildman–Crippen LogP) is 5.21. The molecule has 1 amide bonds. The second-order valence-electron chi connectivity index (χ2n) is 6.23. The van der Waals surface area contributed by atoms with E-state index >= 15 is 0 Å². The van der Waals surface area contributed by atoms with Gasteiger partial charge in [0.1, 0.15) is 11.8 Å². The molecular formula is C23H23ClN2O2. The summed E-state index contributed by atoms with van der Waals surface area (Å²) in [6.07, 6.45) is 0. The summed E-state index contributed by atoms with van der Waals surface area (Å²) in [4.78, 5) is 13.1. The summed E-state index contributed by atoms with van der Waals surface area (Å²) in [6, 6.07) is 24.1. The van der Waals surface area contributed by atoms with Gasteiger partial charge in [-0.3, -0.25) is 10.1 Å². The Balaban J connectivity index is 1.81. The van der Waals surface area contributed by atoms with Gasteiger partial charge >= 0.3 is 0 Å². The van der Waals surface area contributed by atoms with Crippen LogP contribution in [0.2, 0.25) is 5.02 Å². The summed E-state index contributed by atoms with van der Waals surface area (Å²) in [7, 11) is 0. The molecule has 3 rings (SSSR count). The van der Waals surface area contributed by atoms with E-state index in [1.165, 1.54) is 0 Å². The van der Waals surface area contributed by atoms with Crippen molar-refractivity contribution >= 4 is 23.2 Å². The molecule has 4 nitrogen and oxygen atoms in total. The van der Waals surface area contributed by atoms with Gasteiger partial charge in [-0.05, 0) is 36.2 Å². The van der Waals surface area contributed by atoms with Gasteiger partial charge in [0.05, 0.1) is 12.3 Å². The summed E-state index contributed by atoms with van der Waals surface area (Å²) >= 11 is 6.26. The molecule has 0 aliphatic heterocycles. The highest BCUT2D eigenvalue weighted by Crippen LogP contribution is 2.26. The fourth-order valence-corrected chi connectivity index (χ4v) is 3.12. The Kier molecular flexibility index (Phi) is 7.06. The van der Waals surface area contributed by atoms with Crippen molar-refractivity contribution in [2.24, 2.45) is 0 Å². The first-order valence-electron chi connectivity index (χ1n) is 9.23. The van der Waals surface area contributed by atoms with Crippen LogP contribution in [0, 0.1) is 0 Å². The fourth-order valence-electron chi connectivity index (χ4n) is 2.92. The summed E-state index contributed by atoms with van der Waals surface area (Å²) in [6.45, 7) is 2.91. The van der Waals surface area contributed by atoms with Gasteiger partial charge in [0.15, 0.2) is 0 Å². The molecule has 0 heterocycles. The van der Waals surface area contributed by atoms with Crippen LogP contribution in [0.3, 0.4) is 0 Å². The second kappa shape index (κ2) is 9.93. The standard InChI is InChI=1S/C23H23ClN2O2/c1-2-28-21-15-9-8-14-20(21)26-23(27)22(17-10-4-3-5-11-17)25-16-18-12-6-7-13-19(18)24/h3-15,22,25H,2,16H2,1H3,(H,26,27)/t22-/m0/s1. The van der Waals surface area contributed by atoms with E-state index < -0.39 is 6.04 Å². The molecule has 2 N–H and O–H groups in total. The minimum absolute atomic E-state index is 0.162. The lowest BCUT2D eigenvalue weighted by Crippen LogP contribution is -2.33. The van der Waals surface area contributed by atoms with E-state index in [-0.39, 0.29) is 5.91 Å². The molecule has 0 saturated heterocycles. The highest BCUT2D eigenvalue weighted by Gasteiger charge is 2.21. The van der Waals surface area contributed by atoms with Crippen molar-refractivity contribution in [2.75, 3.05) is 11.9 Å². The summed E-state index contributed by atoms with van der Waals surface area (Å²) in [5.74, 6) is 0.488. The minimum Gasteiger partial charge on any atom is -0.492 e. The third-order valence-electron chi connectivity index (χ3n) is 4.29. The Morgan fingerprint density at radius 2 is 1.64 bits per heavy atom. The van der Waals surface area contributed by atoms with Gasteiger partial charge in [-0.25, -0.2) is 0 Å². The van der Waals surface area contributed by atoms with Gasteiger partial charge in [0, 0.05) is 11.6 Å². The van der Waals surface area contributed by atoms with Crippen LogP contribution in [-0.4, -0.2) is 12.5 Å². The monoisotopic (exact) mass is 394 g/mol. The first-order chi connectivity index (χ1) is 13.7. The van der Waals surface area contributed by atoms with Gasteiger partial charge in [-0.2, -0.15) is 0 Å². The number of rotatable bonds is 8. The van der Waals surface area contributed by atoms with E-state index in [2.05, 4.69) is 10.6 Å². The lowest BCUT2D eigenvalue weighted by Gasteiger charge is -2.20. The highest BCUT2D eigenvalue weighted by molar-refractivity contribution is 6.31. The Labute approximate surface area is 170 Å². The summed E-state index contributed by atoms with van der Waals surface area (Å²) in [5.41, 5.74) is 2.46. The molecule has 0 fully saturated rings. The number of para-hydroxylation sites is 2. The molecule has 144 valence electrons. The number of nitrogens with one attached hydrogen (secondary N) is 2. The number of ether oxygens (including phenoxy) is 1. The van der Waals surface area contributed by atoms with Crippen LogP contribution in [-0.2, 0) is 11.3 Å². The number of hydrogen-bond acceptors (Lipinski definition) is 3. The van der Waals surface area contributed by atoms with Crippen LogP contribution in [0.1, 0.15) is 24.1 Å². The molecular weight excluding hydrogens is 372 g/mol. The zero-order valence-electron chi connectivity index (χ0n) is 15.7. The average molecular weight is 395 g/mol. The number of halogens is 1. The van der Waals surface area contributed by atoms with Crippen molar-refractivity contribution in [1.82, 2.24) is 5.32 Å². The first-order valence-corrected chi connectivity index (χ1v) is 9.61. The smallest absolute Gasteiger partial charge is 0.246 e. The van der Waals surface area contributed by atoms with Crippen molar-refractivity contribution in [3.05, 3.63) is 95.0 Å². The molecule has 3 aromatic rings. The molecule has 0 aromatic heterocycles. The maximum Gasteiger partial charge on any atom is 0.246 e. The normalized spacial score (nSPS) is 11.6. The number of anilines is 1. The Bertz CT molecular complexity index is 915. The molecule has 0 saturated carbocycles. The molecule has 3 aromatic carbocycles. The molecule has 1 atom stereocenters. The van der Waals surface area contributed by atoms with Gasteiger partial charge in [0.2, 0.25) is 5.91 Å². The van der Waals surface area contributed by atoms with Gasteiger partial charge < -0.3 is 10.1 Å². The van der Waals surface area contributed by atoms with Crippen LogP contribution < -0.4 is 15.4 Å². The van der Waals surface area contributed by atoms with E-state index in [9.17, 15) is 4.79 Å². The van der Waals surface area contributed by atoms with Gasteiger partial charge in [-0.15, -0.1) is 0 Å². The molecule has 0 radical (unpaired) electrons. The third-order valence-corrected chi connectivity index (χ3v) is 4.66. The van der Waals surface area contributed by atoms with Crippen LogP contribution in [0.4, 0.5) is 5.69 Å². The van der Waals surface area contributed by atoms with E-state index in [1.54, 1.807) is 0 Å². The first kappa shape index (κ1) is 19.9. The Morgan fingerprint density at radius 1 is 0.964 bits per heavy atom. The fraction of sp³-hybridized carbons (Fsp3) is 0.174. The van der Waals surface area contributed by atoms with Crippen molar-refractivity contribution in [3.63, 3.8) is 0 Å². The molecule has 0 aliphatic carbocycles. The molecule has 5 heteroatoms. The SMILES string of the molecule is CCOc1ccccc1NC(=O)[C@@H](NCc1ccccc1Cl)c1ccccc1. The Hall–Kier alpha value is -2.82. The number of benzene rings is 3. The lowest BCUT2D eigenvalue weighted by atomic mass is 10.1. The van der Waals surface area contributed by atoms with E-state index in [1.807, 2.05) is 85.8 Å². The maximum absolute atomic E-state index is 13.1. The summed E-state index contributed by atoms with van der Waals surface area (Å²) < 4.78 is 5.62. The second-order valence-corrected chi connectivity index (χ2v) is 6.64. The Morgan fingerprint density at radius 3 is 2.39 bits per heavy atom. The topological polar surface area (TPSA) is 50.4 Å². The van der Waals surface area contributed by atoms with E-state index in [0.717, 1.165) is 11.1 Å². The number of carbonyl (C=O) groups is 1. The van der Waals surface area contributed by atoms with Crippen LogP contribution >= 0.6 is 11.6 Å². The molecule has 0 unspecified atom stereocenters. The molecule has 0 bridgehead atoms. The van der Waals surface area contributed by atoms with Crippen LogP contribution in [0.15, 0.2) is 78.9 Å². The third kappa shape index (κ3) is 5.12. The van der Waals surface area contributed by atoms with Crippen molar-refractivity contribution in [2.45, 2.75) is 19.5 Å². The van der Waals surface area contributed by atoms with Gasteiger partial charge in [0.25, 0.3) is 0 Å². The zero-order valence-corrected chi connectivity index (χ0v) is 16.4. The quantitative estimate of drug-likeness (QED) is 0.551. The van der Waals surface area contributed by atoms with Crippen molar-refractivity contribution in [3.8, 4) is 5.75 Å². The minimum atomic E-state index is -0.535. The molecule has 0 aliphatic rings. The number of carbonyl (C=O) groups excluding carboxylic acids is 1. The zero-order chi connectivity index (χ0) is 19.8. The van der Waals surface area contributed by atoms with Crippen LogP contribution in [0.5, 0.6) is 5.75 Å². The van der Waals surface area contributed by atoms with E-state index in [4.69, 9.17) is 16.3 Å². The lowest BCUT2D eigenvalue weighted by molar-refractivity contribution is -0.118. The van der Waals surface area contributed by atoms with Gasteiger partial charge in [-0.1, -0.05) is 72.3 Å². The molecule has 28 heavy (non-hydrogen) atoms. The largest absolute Gasteiger partial charge is 0.492 e. The number of hydrogen-bond donors (Lipinski definition) is 2. The number of amides is 1. The van der Waals surface area contributed by atoms with Crippen molar-refractivity contribution < 1.29 is 9.53 Å². The molecule has 0 spiro atoms. The van der Waals surface area contributed by atoms with Crippen LogP contribution in [0.25, 0.3) is 0 Å². The van der Waals surface area contributed by atoms with E-state index in [0.29, 0.717) is 29.6 Å². The average Bonchev–Trinajstić information content (AvgIpc) is 2.72. The van der Waals surface area contributed by atoms with Crippen molar-refractivity contribution in [1.29, 1.82) is 0 Å².